The lowest BCUT2D eigenvalue weighted by Gasteiger charge is -2.20. The molecule has 0 aliphatic rings. The monoisotopic (exact) mass is 361 g/mol. The predicted octanol–water partition coefficient (Wildman–Crippen LogP) is 2.50. The summed E-state index contributed by atoms with van der Waals surface area (Å²) in [6.45, 7) is 5.01. The lowest BCUT2D eigenvalue weighted by atomic mass is 10.2. The number of rotatable bonds is 9. The molecule has 0 spiro atoms. The van der Waals surface area contributed by atoms with Crippen LogP contribution in [-0.2, 0) is 13.0 Å². The van der Waals surface area contributed by atoms with Crippen molar-refractivity contribution in [2.24, 2.45) is 0 Å². The van der Waals surface area contributed by atoms with Gasteiger partial charge in [0.15, 0.2) is 17.3 Å². The minimum absolute atomic E-state index is 0.0427. The fourth-order valence-corrected chi connectivity index (χ4v) is 2.55. The van der Waals surface area contributed by atoms with E-state index in [1.54, 1.807) is 25.3 Å². The lowest BCUT2D eigenvalue weighted by molar-refractivity contribution is 0.0945. The first-order valence-corrected chi connectivity index (χ1v) is 8.65. The molecular weight excluding hydrogens is 334 g/mol. The summed E-state index contributed by atoms with van der Waals surface area (Å²) in [6, 6.07) is 6.97. The molecule has 1 heterocycles. The Bertz CT molecular complexity index is 727. The number of ether oxygens (including phenoxy) is 2. The highest BCUT2D eigenvalue weighted by Gasteiger charge is 2.15. The number of carbonyl (C=O) groups excluding carboxylic acids is 1. The largest absolute Gasteiger partial charge is 0.493 e. The van der Waals surface area contributed by atoms with Crippen LogP contribution in [0.5, 0.6) is 11.5 Å². The van der Waals surface area contributed by atoms with Gasteiger partial charge >= 0.3 is 0 Å². The number of nitrogens with zero attached hydrogens (tertiary/aromatic N) is 2. The maximum absolute atomic E-state index is 12.4. The van der Waals surface area contributed by atoms with E-state index in [-0.39, 0.29) is 18.6 Å². The van der Waals surface area contributed by atoms with Gasteiger partial charge in [-0.25, -0.2) is 0 Å². The Morgan fingerprint density at radius 3 is 2.69 bits per heavy atom. The molecule has 7 heteroatoms. The van der Waals surface area contributed by atoms with Crippen LogP contribution < -0.4 is 14.8 Å². The number of likely N-dealkylation sites (N-methyl/N-ethyl adjacent to an activating group) is 1. The van der Waals surface area contributed by atoms with E-state index < -0.39 is 0 Å². The molecule has 7 nitrogen and oxygen atoms in total. The van der Waals surface area contributed by atoms with Gasteiger partial charge in [0.25, 0.3) is 5.91 Å². The molecule has 1 aromatic heterocycles. The van der Waals surface area contributed by atoms with Crippen LogP contribution in [-0.4, -0.2) is 49.8 Å². The number of hydrogen-bond acceptors (Lipinski definition) is 6. The molecule has 1 N–H and O–H groups in total. The van der Waals surface area contributed by atoms with Gasteiger partial charge in [-0.15, -0.1) is 0 Å². The number of hydrogen-bond donors (Lipinski definition) is 1. The summed E-state index contributed by atoms with van der Waals surface area (Å²) < 4.78 is 16.5. The molecule has 0 saturated heterocycles. The zero-order chi connectivity index (χ0) is 19.1. The first kappa shape index (κ1) is 19.8. The van der Waals surface area contributed by atoms with E-state index >= 15 is 0 Å². The summed E-state index contributed by atoms with van der Waals surface area (Å²) in [5.41, 5.74) is 1.36. The molecule has 0 saturated carbocycles. The topological polar surface area (TPSA) is 76.8 Å². The van der Waals surface area contributed by atoms with Crippen LogP contribution in [0.15, 0.2) is 28.8 Å². The first-order valence-electron chi connectivity index (χ1n) is 8.65. The third-order valence-corrected chi connectivity index (χ3v) is 3.77. The van der Waals surface area contributed by atoms with Gasteiger partial charge < -0.3 is 24.2 Å². The van der Waals surface area contributed by atoms with Gasteiger partial charge in [-0.05, 0) is 45.6 Å². The van der Waals surface area contributed by atoms with Gasteiger partial charge in [0.2, 0.25) is 0 Å². The average Bonchev–Trinajstić information content (AvgIpc) is 3.07. The minimum Gasteiger partial charge on any atom is -0.493 e. The molecule has 2 rings (SSSR count). The molecule has 1 aromatic carbocycles. The second kappa shape index (κ2) is 9.24. The van der Waals surface area contributed by atoms with Gasteiger partial charge in [0.05, 0.1) is 19.3 Å². The van der Waals surface area contributed by atoms with Crippen molar-refractivity contribution in [1.29, 1.82) is 0 Å². The summed E-state index contributed by atoms with van der Waals surface area (Å²) in [7, 11) is 5.54. The van der Waals surface area contributed by atoms with Crippen molar-refractivity contribution < 1.29 is 18.8 Å². The quantitative estimate of drug-likeness (QED) is 0.739. The summed E-state index contributed by atoms with van der Waals surface area (Å²) in [5, 5.41) is 6.74. The van der Waals surface area contributed by atoms with Crippen molar-refractivity contribution in [3.05, 3.63) is 41.3 Å². The Balaban J connectivity index is 2.05. The Labute approximate surface area is 154 Å². The van der Waals surface area contributed by atoms with E-state index in [0.717, 1.165) is 18.7 Å². The van der Waals surface area contributed by atoms with Crippen molar-refractivity contribution >= 4 is 5.91 Å². The summed E-state index contributed by atoms with van der Waals surface area (Å²) in [6.07, 6.45) is 0.751. The number of amides is 1. The van der Waals surface area contributed by atoms with Crippen molar-refractivity contribution in [1.82, 2.24) is 15.4 Å². The molecule has 142 valence electrons. The van der Waals surface area contributed by atoms with E-state index in [9.17, 15) is 4.79 Å². The fourth-order valence-electron chi connectivity index (χ4n) is 2.55. The zero-order valence-electron chi connectivity index (χ0n) is 16.0. The van der Waals surface area contributed by atoms with Crippen molar-refractivity contribution in [3.63, 3.8) is 0 Å². The maximum Gasteiger partial charge on any atom is 0.251 e. The van der Waals surface area contributed by atoms with Crippen LogP contribution in [0, 0.1) is 0 Å². The van der Waals surface area contributed by atoms with Gasteiger partial charge in [0, 0.05) is 18.2 Å². The number of methoxy groups -OCH3 is 1. The number of carbonyl (C=O) groups is 1. The second-order valence-corrected chi connectivity index (χ2v) is 6.38. The molecule has 26 heavy (non-hydrogen) atoms. The molecule has 1 unspecified atom stereocenters. The van der Waals surface area contributed by atoms with Gasteiger partial charge in [-0.2, -0.15) is 0 Å². The van der Waals surface area contributed by atoms with Gasteiger partial charge in [-0.1, -0.05) is 12.1 Å². The smallest absolute Gasteiger partial charge is 0.251 e. The van der Waals surface area contributed by atoms with Crippen LogP contribution in [0.4, 0.5) is 0 Å². The molecule has 0 aliphatic carbocycles. The molecule has 0 bridgehead atoms. The molecule has 0 aliphatic heterocycles. The SMILES string of the molecule is CCc1cc(CNC(=O)c2ccc(OC)c(OC(C)CN(C)C)c2)on1. The van der Waals surface area contributed by atoms with Crippen molar-refractivity contribution in [2.45, 2.75) is 32.9 Å². The van der Waals surface area contributed by atoms with Gasteiger partial charge in [-0.3, -0.25) is 4.79 Å². The highest BCUT2D eigenvalue weighted by Crippen LogP contribution is 2.29. The molecule has 0 radical (unpaired) electrons. The Kier molecular flexibility index (Phi) is 7.03. The van der Waals surface area contributed by atoms with Crippen LogP contribution >= 0.6 is 0 Å². The van der Waals surface area contributed by atoms with Crippen molar-refractivity contribution in [2.75, 3.05) is 27.7 Å². The molecule has 0 fully saturated rings. The fraction of sp³-hybridized carbons (Fsp3) is 0.474. The number of aryl methyl sites for hydroxylation is 1. The second-order valence-electron chi connectivity index (χ2n) is 6.38. The summed E-state index contributed by atoms with van der Waals surface area (Å²) in [5.74, 6) is 1.55. The Morgan fingerprint density at radius 1 is 1.31 bits per heavy atom. The highest BCUT2D eigenvalue weighted by atomic mass is 16.5. The van der Waals surface area contributed by atoms with Crippen molar-refractivity contribution in [3.8, 4) is 11.5 Å². The summed E-state index contributed by atoms with van der Waals surface area (Å²) in [4.78, 5) is 14.5. The molecule has 1 amide bonds. The molecule has 2 aromatic rings. The maximum atomic E-state index is 12.4. The van der Waals surface area contributed by atoms with Crippen LogP contribution in [0.25, 0.3) is 0 Å². The molecule has 1 atom stereocenters. The van der Waals surface area contributed by atoms with Crippen LogP contribution in [0.3, 0.4) is 0 Å². The van der Waals surface area contributed by atoms with E-state index in [1.165, 1.54) is 0 Å². The Morgan fingerprint density at radius 2 is 2.08 bits per heavy atom. The molecular formula is C19H27N3O4. The first-order chi connectivity index (χ1) is 12.4. The van der Waals surface area contributed by atoms with E-state index in [1.807, 2.05) is 38.9 Å². The van der Waals surface area contributed by atoms with Crippen LogP contribution in [0.1, 0.15) is 35.7 Å². The summed E-state index contributed by atoms with van der Waals surface area (Å²) >= 11 is 0. The average molecular weight is 361 g/mol. The lowest BCUT2D eigenvalue weighted by Crippen LogP contribution is -2.28. The number of aromatic nitrogens is 1. The predicted molar refractivity (Wildman–Crippen MR) is 98.7 cm³/mol. The zero-order valence-corrected chi connectivity index (χ0v) is 16.0. The normalized spacial score (nSPS) is 12.1. The third-order valence-electron chi connectivity index (χ3n) is 3.77. The van der Waals surface area contributed by atoms with Gasteiger partial charge in [0.1, 0.15) is 6.10 Å². The van der Waals surface area contributed by atoms with E-state index in [2.05, 4.69) is 10.5 Å². The minimum atomic E-state index is -0.216. The number of nitrogens with one attached hydrogen (secondary N) is 1. The standard InChI is InChI=1S/C19H27N3O4/c1-6-15-10-16(26-21-15)11-20-19(23)14-7-8-17(24-5)18(9-14)25-13(2)12-22(3)4/h7-10,13H,6,11-12H2,1-5H3,(H,20,23). The van der Waals surface area contributed by atoms with E-state index in [0.29, 0.717) is 22.8 Å². The highest BCUT2D eigenvalue weighted by molar-refractivity contribution is 5.94. The van der Waals surface area contributed by atoms with E-state index in [4.69, 9.17) is 14.0 Å². The Hall–Kier alpha value is -2.54. The number of benzene rings is 1. The van der Waals surface area contributed by atoms with Crippen LogP contribution in [0.2, 0.25) is 0 Å². The third kappa shape index (κ3) is 5.49.